The van der Waals surface area contributed by atoms with Gasteiger partial charge in [-0.2, -0.15) is 4.31 Å². The number of sulfonamides is 1. The predicted octanol–water partition coefficient (Wildman–Crippen LogP) is 3.00. The number of benzene rings is 2. The van der Waals surface area contributed by atoms with Crippen LogP contribution in [0, 0.1) is 17.5 Å². The van der Waals surface area contributed by atoms with Crippen LogP contribution in [0.3, 0.4) is 0 Å². The lowest BCUT2D eigenvalue weighted by atomic mass is 10.2. The Morgan fingerprint density at radius 2 is 1.62 bits per heavy atom. The molecule has 2 aromatic carbocycles. The van der Waals surface area contributed by atoms with Crippen LogP contribution < -0.4 is 0 Å². The van der Waals surface area contributed by atoms with Crippen molar-refractivity contribution in [3.8, 4) is 0 Å². The number of halogens is 3. The molecule has 1 saturated heterocycles. The topological polar surface area (TPSA) is 70.8 Å². The summed E-state index contributed by atoms with van der Waals surface area (Å²) in [7, 11) is -4.38. The van der Waals surface area contributed by atoms with Crippen molar-refractivity contribution in [2.75, 3.05) is 26.2 Å². The molecule has 4 rings (SSSR count). The van der Waals surface area contributed by atoms with Crippen molar-refractivity contribution in [3.05, 3.63) is 65.7 Å². The lowest BCUT2D eigenvalue weighted by Gasteiger charge is -2.33. The van der Waals surface area contributed by atoms with Crippen molar-refractivity contribution < 1.29 is 30.8 Å². The van der Waals surface area contributed by atoms with Gasteiger partial charge in [0.25, 0.3) is 5.91 Å². The van der Waals surface area contributed by atoms with Crippen LogP contribution in [-0.2, 0) is 10.0 Å². The second-order valence-corrected chi connectivity index (χ2v) is 8.42. The van der Waals surface area contributed by atoms with Gasteiger partial charge in [0.05, 0.1) is 0 Å². The molecule has 0 bridgehead atoms. The molecule has 1 amide bonds. The average molecular weight is 424 g/mol. The number of hydrogen-bond acceptors (Lipinski definition) is 4. The third-order valence-electron chi connectivity index (χ3n) is 4.78. The van der Waals surface area contributed by atoms with Gasteiger partial charge in [0.15, 0.2) is 23.2 Å². The molecule has 29 heavy (non-hydrogen) atoms. The van der Waals surface area contributed by atoms with E-state index in [2.05, 4.69) is 0 Å². The number of rotatable bonds is 3. The molecule has 1 aliphatic rings. The number of carbonyl (C=O) groups is 1. The maximum absolute atomic E-state index is 13.9. The number of nitrogens with zero attached hydrogens (tertiary/aromatic N) is 2. The van der Waals surface area contributed by atoms with Gasteiger partial charge in [-0.1, -0.05) is 18.2 Å². The summed E-state index contributed by atoms with van der Waals surface area (Å²) in [6.07, 6.45) is 0. The molecular formula is C19H15F3N2O4S. The Labute approximate surface area is 164 Å². The number of fused-ring (bicyclic) bond motifs is 1. The van der Waals surface area contributed by atoms with Gasteiger partial charge in [0, 0.05) is 31.6 Å². The molecule has 1 aliphatic heterocycles. The van der Waals surface area contributed by atoms with Crippen LogP contribution in [0.4, 0.5) is 13.2 Å². The Kier molecular flexibility index (Phi) is 4.83. The highest BCUT2D eigenvalue weighted by atomic mass is 32.2. The van der Waals surface area contributed by atoms with Crippen LogP contribution >= 0.6 is 0 Å². The summed E-state index contributed by atoms with van der Waals surface area (Å²) in [4.78, 5) is 13.1. The van der Waals surface area contributed by atoms with E-state index in [4.69, 9.17) is 4.42 Å². The first-order valence-electron chi connectivity index (χ1n) is 8.70. The average Bonchev–Trinajstić information content (AvgIpc) is 3.15. The molecule has 2 heterocycles. The molecule has 0 atom stereocenters. The fourth-order valence-corrected chi connectivity index (χ4v) is 4.70. The molecule has 1 aromatic heterocycles. The summed E-state index contributed by atoms with van der Waals surface area (Å²) in [5, 5.41) is 0.769. The molecule has 0 unspecified atom stereocenters. The summed E-state index contributed by atoms with van der Waals surface area (Å²) in [6, 6.07) is 9.98. The first-order valence-corrected chi connectivity index (χ1v) is 10.1. The van der Waals surface area contributed by atoms with Gasteiger partial charge in [0.1, 0.15) is 10.5 Å². The van der Waals surface area contributed by atoms with Crippen LogP contribution in [-0.4, -0.2) is 49.7 Å². The van der Waals surface area contributed by atoms with E-state index < -0.39 is 38.3 Å². The molecule has 0 spiro atoms. The summed E-state index contributed by atoms with van der Waals surface area (Å²) < 4.78 is 72.2. The maximum atomic E-state index is 13.9. The van der Waals surface area contributed by atoms with Gasteiger partial charge in [-0.15, -0.1) is 0 Å². The van der Waals surface area contributed by atoms with Crippen molar-refractivity contribution in [2.45, 2.75) is 4.90 Å². The van der Waals surface area contributed by atoms with E-state index in [0.717, 1.165) is 9.69 Å². The second kappa shape index (κ2) is 7.20. The Morgan fingerprint density at radius 1 is 0.931 bits per heavy atom. The fourth-order valence-electron chi connectivity index (χ4n) is 3.22. The molecule has 152 valence electrons. The Balaban J connectivity index is 1.50. The minimum atomic E-state index is -4.38. The third kappa shape index (κ3) is 3.38. The van der Waals surface area contributed by atoms with Gasteiger partial charge < -0.3 is 9.32 Å². The smallest absolute Gasteiger partial charge is 0.289 e. The maximum Gasteiger partial charge on any atom is 0.289 e. The lowest BCUT2D eigenvalue weighted by Crippen LogP contribution is -2.50. The minimum absolute atomic E-state index is 0.0421. The number of para-hydroxylation sites is 1. The van der Waals surface area contributed by atoms with Crippen LogP contribution in [0.25, 0.3) is 11.0 Å². The molecular weight excluding hydrogens is 409 g/mol. The van der Waals surface area contributed by atoms with Crippen molar-refractivity contribution in [1.29, 1.82) is 0 Å². The highest BCUT2D eigenvalue weighted by molar-refractivity contribution is 7.89. The van der Waals surface area contributed by atoms with Gasteiger partial charge in [0.2, 0.25) is 10.0 Å². The first-order chi connectivity index (χ1) is 13.8. The van der Waals surface area contributed by atoms with Crippen molar-refractivity contribution in [3.63, 3.8) is 0 Å². The Hall–Kier alpha value is -2.85. The zero-order valence-electron chi connectivity index (χ0n) is 14.9. The number of carbonyl (C=O) groups excluding carboxylic acids is 1. The van der Waals surface area contributed by atoms with Crippen molar-refractivity contribution in [1.82, 2.24) is 9.21 Å². The molecule has 0 saturated carbocycles. The van der Waals surface area contributed by atoms with Gasteiger partial charge in [-0.25, -0.2) is 21.6 Å². The zero-order chi connectivity index (χ0) is 20.8. The molecule has 3 aromatic rings. The van der Waals surface area contributed by atoms with Crippen LogP contribution in [0.2, 0.25) is 0 Å². The number of furan rings is 1. The number of amides is 1. The largest absolute Gasteiger partial charge is 0.451 e. The monoisotopic (exact) mass is 424 g/mol. The predicted molar refractivity (Wildman–Crippen MR) is 97.2 cm³/mol. The highest BCUT2D eigenvalue weighted by Crippen LogP contribution is 2.25. The van der Waals surface area contributed by atoms with E-state index in [-0.39, 0.29) is 31.9 Å². The SMILES string of the molecule is O=C(c1cc2ccccc2o1)N1CCN(S(=O)(=O)c2ccc(F)c(F)c2F)CC1. The molecule has 1 fully saturated rings. The van der Waals surface area contributed by atoms with E-state index in [0.29, 0.717) is 17.7 Å². The van der Waals surface area contributed by atoms with Crippen LogP contribution in [0.15, 0.2) is 51.8 Å². The quantitative estimate of drug-likeness (QED) is 0.606. The highest BCUT2D eigenvalue weighted by Gasteiger charge is 2.34. The minimum Gasteiger partial charge on any atom is -0.451 e. The molecule has 6 nitrogen and oxygen atoms in total. The summed E-state index contributed by atoms with van der Waals surface area (Å²) in [6.45, 7) is -0.152. The molecule has 10 heteroatoms. The van der Waals surface area contributed by atoms with Gasteiger partial charge in [-0.05, 0) is 24.3 Å². The Morgan fingerprint density at radius 3 is 2.31 bits per heavy atom. The van der Waals surface area contributed by atoms with E-state index in [1.54, 1.807) is 24.3 Å². The van der Waals surface area contributed by atoms with E-state index >= 15 is 0 Å². The molecule has 0 radical (unpaired) electrons. The van der Waals surface area contributed by atoms with Crippen LogP contribution in [0.5, 0.6) is 0 Å². The summed E-state index contributed by atoms with van der Waals surface area (Å²) >= 11 is 0. The first kappa shape index (κ1) is 19.5. The fraction of sp³-hybridized carbons (Fsp3) is 0.211. The number of piperazine rings is 1. The normalized spacial score (nSPS) is 15.8. The molecule has 0 aliphatic carbocycles. The van der Waals surface area contributed by atoms with E-state index in [1.807, 2.05) is 6.07 Å². The Bertz CT molecular complexity index is 1170. The van der Waals surface area contributed by atoms with Crippen LogP contribution in [0.1, 0.15) is 10.6 Å². The van der Waals surface area contributed by atoms with Crippen molar-refractivity contribution in [2.24, 2.45) is 0 Å². The standard InChI is InChI=1S/C19H15F3N2O4S/c20-13-5-6-16(18(22)17(13)21)29(26,27)24-9-7-23(8-10-24)19(25)15-11-12-3-1-2-4-14(12)28-15/h1-6,11H,7-10H2. The third-order valence-corrected chi connectivity index (χ3v) is 6.70. The molecule has 0 N–H and O–H groups in total. The van der Waals surface area contributed by atoms with Gasteiger partial charge >= 0.3 is 0 Å². The van der Waals surface area contributed by atoms with Crippen molar-refractivity contribution >= 4 is 26.9 Å². The number of hydrogen-bond donors (Lipinski definition) is 0. The van der Waals surface area contributed by atoms with Gasteiger partial charge in [-0.3, -0.25) is 4.79 Å². The second-order valence-electron chi connectivity index (χ2n) is 6.52. The van der Waals surface area contributed by atoms with E-state index in [1.165, 1.54) is 4.90 Å². The summed E-state index contributed by atoms with van der Waals surface area (Å²) in [5.74, 6) is -5.33. The zero-order valence-corrected chi connectivity index (χ0v) is 15.8. The lowest BCUT2D eigenvalue weighted by molar-refractivity contribution is 0.0668. The summed E-state index contributed by atoms with van der Waals surface area (Å²) in [5.41, 5.74) is 0.561. The van der Waals surface area contributed by atoms with E-state index in [9.17, 15) is 26.4 Å².